The van der Waals surface area contributed by atoms with E-state index in [1.807, 2.05) is 15.9 Å². The van der Waals surface area contributed by atoms with Crippen molar-refractivity contribution in [3.63, 3.8) is 0 Å². The predicted molar refractivity (Wildman–Crippen MR) is 91.6 cm³/mol. The fourth-order valence-corrected chi connectivity index (χ4v) is 3.77. The lowest BCUT2D eigenvalue weighted by Crippen LogP contribution is -2.52. The van der Waals surface area contributed by atoms with Crippen molar-refractivity contribution in [2.45, 2.75) is 51.9 Å². The minimum Gasteiger partial charge on any atom is -0.339 e. The van der Waals surface area contributed by atoms with Crippen molar-refractivity contribution >= 4 is 11.8 Å². The van der Waals surface area contributed by atoms with Crippen LogP contribution in [0.4, 0.5) is 0 Å². The molecule has 1 aliphatic heterocycles. The molecule has 6 heteroatoms. The van der Waals surface area contributed by atoms with Crippen LogP contribution in [0.3, 0.4) is 0 Å². The van der Waals surface area contributed by atoms with Crippen LogP contribution < -0.4 is 0 Å². The lowest BCUT2D eigenvalue weighted by Gasteiger charge is -2.36. The number of amides is 2. The molecule has 1 saturated heterocycles. The molecule has 2 heterocycles. The fourth-order valence-electron chi connectivity index (χ4n) is 3.77. The van der Waals surface area contributed by atoms with Gasteiger partial charge in [0.1, 0.15) is 5.69 Å². The number of aryl methyl sites for hydroxylation is 1. The summed E-state index contributed by atoms with van der Waals surface area (Å²) in [6.45, 7) is 4.60. The molecule has 0 aromatic carbocycles. The van der Waals surface area contributed by atoms with E-state index in [1.54, 1.807) is 0 Å². The first-order chi connectivity index (χ1) is 11.7. The second-order valence-corrected chi connectivity index (χ2v) is 6.98. The van der Waals surface area contributed by atoms with Gasteiger partial charge in [-0.2, -0.15) is 5.10 Å². The van der Waals surface area contributed by atoms with Crippen LogP contribution in [0, 0.1) is 5.92 Å². The van der Waals surface area contributed by atoms with E-state index in [9.17, 15) is 9.59 Å². The number of piperazine rings is 1. The van der Waals surface area contributed by atoms with Crippen molar-refractivity contribution in [2.24, 2.45) is 5.92 Å². The third-order valence-corrected chi connectivity index (χ3v) is 5.20. The van der Waals surface area contributed by atoms with Crippen LogP contribution >= 0.6 is 0 Å². The molecule has 24 heavy (non-hydrogen) atoms. The van der Waals surface area contributed by atoms with Crippen molar-refractivity contribution in [2.75, 3.05) is 26.2 Å². The van der Waals surface area contributed by atoms with Gasteiger partial charge >= 0.3 is 0 Å². The molecule has 6 nitrogen and oxygen atoms in total. The van der Waals surface area contributed by atoms with E-state index in [0.29, 0.717) is 37.8 Å². The van der Waals surface area contributed by atoms with Crippen LogP contribution in [0.5, 0.6) is 0 Å². The maximum atomic E-state index is 12.6. The first kappa shape index (κ1) is 17.0. The Hall–Kier alpha value is -1.85. The minimum absolute atomic E-state index is 0.0293. The second-order valence-electron chi connectivity index (χ2n) is 6.98. The largest absolute Gasteiger partial charge is 0.339 e. The smallest absolute Gasteiger partial charge is 0.274 e. The number of hydrogen-bond acceptors (Lipinski definition) is 3. The molecule has 1 saturated carbocycles. The number of nitrogens with zero attached hydrogens (tertiary/aromatic N) is 3. The Morgan fingerprint density at radius 3 is 2.46 bits per heavy atom. The lowest BCUT2D eigenvalue weighted by atomic mass is 9.88. The summed E-state index contributed by atoms with van der Waals surface area (Å²) in [5.41, 5.74) is 1.50. The lowest BCUT2D eigenvalue weighted by molar-refractivity contribution is -0.138. The number of aromatic amines is 1. The van der Waals surface area contributed by atoms with Gasteiger partial charge in [-0.15, -0.1) is 0 Å². The van der Waals surface area contributed by atoms with Gasteiger partial charge in [-0.3, -0.25) is 14.7 Å². The number of hydrogen-bond donors (Lipinski definition) is 1. The van der Waals surface area contributed by atoms with Crippen LogP contribution in [0.2, 0.25) is 0 Å². The number of nitrogens with one attached hydrogen (secondary N) is 1. The van der Waals surface area contributed by atoms with Crippen LogP contribution in [0.1, 0.15) is 61.6 Å². The standard InChI is InChI=1S/C18H28N4O2/c1-2-6-15-13-16(20-19-15)18(24)22-11-9-21(10-12-22)17(23)14-7-4-3-5-8-14/h13-14H,2-12H2,1H3,(H,19,20). The van der Waals surface area contributed by atoms with Gasteiger partial charge in [0.2, 0.25) is 5.91 Å². The summed E-state index contributed by atoms with van der Waals surface area (Å²) in [6, 6.07) is 1.85. The van der Waals surface area contributed by atoms with Crippen LogP contribution in [-0.4, -0.2) is 58.0 Å². The van der Waals surface area contributed by atoms with E-state index in [-0.39, 0.29) is 11.8 Å². The number of rotatable bonds is 4. The van der Waals surface area contributed by atoms with Gasteiger partial charge in [0.15, 0.2) is 0 Å². The van der Waals surface area contributed by atoms with E-state index in [2.05, 4.69) is 17.1 Å². The van der Waals surface area contributed by atoms with E-state index >= 15 is 0 Å². The van der Waals surface area contributed by atoms with E-state index in [1.165, 1.54) is 19.3 Å². The Balaban J connectivity index is 1.52. The molecule has 1 aliphatic carbocycles. The highest BCUT2D eigenvalue weighted by atomic mass is 16.2. The topological polar surface area (TPSA) is 69.3 Å². The molecule has 0 radical (unpaired) electrons. The van der Waals surface area contributed by atoms with Crippen molar-refractivity contribution < 1.29 is 9.59 Å². The van der Waals surface area contributed by atoms with E-state index in [0.717, 1.165) is 31.4 Å². The van der Waals surface area contributed by atoms with Crippen molar-refractivity contribution in [1.29, 1.82) is 0 Å². The van der Waals surface area contributed by atoms with Gasteiger partial charge in [-0.25, -0.2) is 0 Å². The normalized spacial score (nSPS) is 19.5. The molecule has 2 aliphatic rings. The summed E-state index contributed by atoms with van der Waals surface area (Å²) in [5, 5.41) is 7.08. The van der Waals surface area contributed by atoms with Gasteiger partial charge in [0, 0.05) is 37.8 Å². The first-order valence-corrected chi connectivity index (χ1v) is 9.31. The maximum absolute atomic E-state index is 12.6. The number of carbonyl (C=O) groups excluding carboxylic acids is 2. The highest BCUT2D eigenvalue weighted by Gasteiger charge is 2.30. The second kappa shape index (κ2) is 7.81. The highest BCUT2D eigenvalue weighted by Crippen LogP contribution is 2.26. The summed E-state index contributed by atoms with van der Waals surface area (Å²) < 4.78 is 0. The van der Waals surface area contributed by atoms with Gasteiger partial charge in [0.25, 0.3) is 5.91 Å². The molecule has 0 atom stereocenters. The summed E-state index contributed by atoms with van der Waals surface area (Å²) in [5.74, 6) is 0.481. The third kappa shape index (κ3) is 3.79. The number of aromatic nitrogens is 2. The van der Waals surface area contributed by atoms with Gasteiger partial charge in [-0.05, 0) is 25.3 Å². The zero-order valence-electron chi connectivity index (χ0n) is 14.6. The zero-order chi connectivity index (χ0) is 16.9. The average Bonchev–Trinajstić information content (AvgIpc) is 3.10. The quantitative estimate of drug-likeness (QED) is 0.919. The Bertz CT molecular complexity index is 569. The van der Waals surface area contributed by atoms with Crippen molar-refractivity contribution in [1.82, 2.24) is 20.0 Å². The molecule has 0 bridgehead atoms. The van der Waals surface area contributed by atoms with Crippen LogP contribution in [-0.2, 0) is 11.2 Å². The molecule has 0 unspecified atom stereocenters. The minimum atomic E-state index is -0.0293. The Kier molecular flexibility index (Phi) is 5.53. The predicted octanol–water partition coefficient (Wildman–Crippen LogP) is 2.23. The average molecular weight is 332 g/mol. The molecule has 1 aromatic heterocycles. The SMILES string of the molecule is CCCc1cc(C(=O)N2CCN(C(=O)C3CCCCC3)CC2)n[nH]1. The van der Waals surface area contributed by atoms with Gasteiger partial charge < -0.3 is 9.80 Å². The summed E-state index contributed by atoms with van der Waals surface area (Å²) >= 11 is 0. The number of H-pyrrole nitrogens is 1. The molecule has 0 spiro atoms. The Morgan fingerprint density at radius 1 is 1.12 bits per heavy atom. The molecular formula is C18H28N4O2. The highest BCUT2D eigenvalue weighted by molar-refractivity contribution is 5.92. The molecule has 132 valence electrons. The summed E-state index contributed by atoms with van der Waals surface area (Å²) in [7, 11) is 0. The maximum Gasteiger partial charge on any atom is 0.274 e. The van der Waals surface area contributed by atoms with Gasteiger partial charge in [-0.1, -0.05) is 32.6 Å². The molecule has 2 fully saturated rings. The van der Waals surface area contributed by atoms with Crippen LogP contribution in [0.15, 0.2) is 6.07 Å². The zero-order valence-corrected chi connectivity index (χ0v) is 14.6. The van der Waals surface area contributed by atoms with Crippen molar-refractivity contribution in [3.8, 4) is 0 Å². The molecule has 1 N–H and O–H groups in total. The molecule has 2 amide bonds. The number of carbonyl (C=O) groups is 2. The van der Waals surface area contributed by atoms with Crippen molar-refractivity contribution in [3.05, 3.63) is 17.5 Å². The monoisotopic (exact) mass is 332 g/mol. The Labute approximate surface area is 143 Å². The van der Waals surface area contributed by atoms with E-state index in [4.69, 9.17) is 0 Å². The van der Waals surface area contributed by atoms with E-state index < -0.39 is 0 Å². The van der Waals surface area contributed by atoms with Crippen LogP contribution in [0.25, 0.3) is 0 Å². The fraction of sp³-hybridized carbons (Fsp3) is 0.722. The molecule has 3 rings (SSSR count). The summed E-state index contributed by atoms with van der Waals surface area (Å²) in [6.07, 6.45) is 7.61. The summed E-state index contributed by atoms with van der Waals surface area (Å²) in [4.78, 5) is 28.9. The third-order valence-electron chi connectivity index (χ3n) is 5.20. The molecule has 1 aromatic rings. The molecular weight excluding hydrogens is 304 g/mol. The Morgan fingerprint density at radius 2 is 1.79 bits per heavy atom. The van der Waals surface area contributed by atoms with Gasteiger partial charge in [0.05, 0.1) is 0 Å². The first-order valence-electron chi connectivity index (χ1n) is 9.31.